The second-order valence-electron chi connectivity index (χ2n) is 20.3. The van der Waals surface area contributed by atoms with E-state index < -0.39 is 0 Å². The molecule has 86 heavy (non-hydrogen) atoms. The zero-order chi connectivity index (χ0) is 57.6. The average Bonchev–Trinajstić information content (AvgIpc) is 1.96. The van der Waals surface area contributed by atoms with Gasteiger partial charge in [0.15, 0.2) is 0 Å². The van der Waals surface area contributed by atoms with Gasteiger partial charge >= 0.3 is 0 Å². The predicted molar refractivity (Wildman–Crippen MR) is 333 cm³/mol. The fourth-order valence-electron chi connectivity index (χ4n) is 9.91. The van der Waals surface area contributed by atoms with E-state index in [-0.39, 0.29) is 80.4 Å². The monoisotopic (exact) mass is 1890 g/mol. The van der Waals surface area contributed by atoms with E-state index in [0.717, 1.165) is 95.9 Å². The molecule has 0 aliphatic carbocycles. The van der Waals surface area contributed by atoms with Crippen LogP contribution in [0.4, 0.5) is 0 Å². The van der Waals surface area contributed by atoms with Crippen molar-refractivity contribution in [3.63, 3.8) is 0 Å². The van der Waals surface area contributed by atoms with E-state index in [4.69, 9.17) is 13.9 Å². The number of nitrogens with zero attached hydrogens (tertiary/aromatic N) is 9. The molecule has 11 nitrogen and oxygen atoms in total. The molecule has 0 amide bonds. The van der Waals surface area contributed by atoms with Crippen molar-refractivity contribution in [3.8, 4) is 99.5 Å². The van der Waals surface area contributed by atoms with Gasteiger partial charge in [-0.25, -0.2) is 31.7 Å². The Balaban J connectivity index is 0.000000183. The Morgan fingerprint density at radius 2 is 1.14 bits per heavy atom. The van der Waals surface area contributed by atoms with E-state index >= 15 is 0 Å². The Bertz CT molecular complexity index is 4220. The summed E-state index contributed by atoms with van der Waals surface area (Å²) in [4.78, 5) is 6.59. The van der Waals surface area contributed by atoms with Gasteiger partial charge < -0.3 is 8.83 Å². The number of pyridine rings is 1. The summed E-state index contributed by atoms with van der Waals surface area (Å²) in [6.45, 7) is 16.7. The van der Waals surface area contributed by atoms with Crippen LogP contribution in [0.2, 0.25) is 0 Å². The molecule has 0 saturated carbocycles. The van der Waals surface area contributed by atoms with Gasteiger partial charge in [-0.2, -0.15) is 12.1 Å². The van der Waals surface area contributed by atoms with Gasteiger partial charge in [-0.1, -0.05) is 182 Å². The summed E-state index contributed by atoms with van der Waals surface area (Å²) in [5.41, 5.74) is 24.4. The quantitative estimate of drug-likeness (QED) is 0.132. The van der Waals surface area contributed by atoms with Gasteiger partial charge in [0, 0.05) is 174 Å². The van der Waals surface area contributed by atoms with E-state index in [1.165, 1.54) is 48.7 Å². The molecule has 0 aliphatic rings. The molecule has 0 spiro atoms. The summed E-state index contributed by atoms with van der Waals surface area (Å²) in [7, 11) is 7.82. The smallest absolute Gasteiger partial charge is 0.0369 e. The van der Waals surface area contributed by atoms with Gasteiger partial charge in [-0.15, -0.1) is 28.8 Å². The first-order valence-corrected chi connectivity index (χ1v) is 28.5. The number of aromatic nitrogens is 9. The average molecular weight is 1880 g/mol. The first kappa shape index (κ1) is 68.5. The third-order valence-electron chi connectivity index (χ3n) is 14.2. The minimum absolute atomic E-state index is 0. The van der Waals surface area contributed by atoms with Crippen molar-refractivity contribution in [3.05, 3.63) is 233 Å². The summed E-state index contributed by atoms with van der Waals surface area (Å²) in [6, 6.07) is 52.2. The van der Waals surface area contributed by atoms with Gasteiger partial charge in [-0.05, 0) is 99.5 Å². The van der Waals surface area contributed by atoms with Crippen molar-refractivity contribution in [2.24, 2.45) is 28.2 Å². The summed E-state index contributed by atoms with van der Waals surface area (Å²) >= 11 is 3.39. The second-order valence-corrected chi connectivity index (χ2v) is 22.0. The van der Waals surface area contributed by atoms with Gasteiger partial charge in [0.1, 0.15) is 0 Å². The number of hydrogen-bond donors (Lipinski definition) is 0. The van der Waals surface area contributed by atoms with Crippen LogP contribution in [0.5, 0.6) is 0 Å². The minimum atomic E-state index is 0. The van der Waals surface area contributed by atoms with E-state index in [9.17, 15) is 0 Å². The molecule has 0 N–H and O–H groups in total. The van der Waals surface area contributed by atoms with Crippen LogP contribution < -0.4 is 0 Å². The second kappa shape index (κ2) is 30.9. The molecule has 0 atom stereocenters. The SMILES string of the molecule is Cc1cc(-c2[c-]coc2-c2cccnc2)nn1C.Cc1cc(-c2nn(C)c(C)c2-c2ccccc2)[c-]o1.Cc1cc(C)c(-c2cc(-c3nn(C)cc3-c3ccccc3)[c-]s2)c(C)c1.Cc1ccccc1-c1sc[c-]c1-c1cc(C)n(C)n1.[Ir].[Ir].[Ir].[Ir]. The number of rotatable bonds is 9. The Morgan fingerprint density at radius 1 is 0.523 bits per heavy atom. The molecule has 13 rings (SSSR count). The molecule has 0 fully saturated rings. The number of furan rings is 2. The predicted octanol–water partition coefficient (Wildman–Crippen LogP) is 17.0. The summed E-state index contributed by atoms with van der Waals surface area (Å²) in [5.74, 6) is 1.60. The van der Waals surface area contributed by atoms with Crippen LogP contribution in [0.15, 0.2) is 173 Å². The first-order valence-electron chi connectivity index (χ1n) is 26.8. The standard InChI is InChI=1S/C23H21N2S.C16H15N2O.C16H15N2S.C14H12N3O.4Ir/c1-15-10-16(2)22(17(3)11-15)21-12-19(14-26-21)23-20(13-25(4)24-23)18-8-6-5-7-9-18;1-11-9-14(10-19-11)16-15(12(2)18(3)17-16)13-7-5-4-6-8-13;1-11-6-4-5-7-13(11)16-14(8-9-19-16)15-10-12(2)18(3)17-15;1-10-8-13(16-17(10)2)12-5-7-18-14(12)11-4-3-6-15-9-11;;;;/h5-13H,1-4H3;4-9H,1-3H3;4-7,9-10H,1-3H3;3-4,6-9H,1-2H3;;;;/q4*-1;;;;. The van der Waals surface area contributed by atoms with Crippen LogP contribution in [-0.4, -0.2) is 44.1 Å². The van der Waals surface area contributed by atoms with Crippen molar-refractivity contribution in [1.82, 2.24) is 44.1 Å². The third-order valence-corrected chi connectivity index (χ3v) is 16.0. The fourth-order valence-corrected chi connectivity index (χ4v) is 11.8. The number of aryl methyl sites for hydroxylation is 11. The Hall–Kier alpha value is -6.57. The summed E-state index contributed by atoms with van der Waals surface area (Å²) in [6.07, 6.45) is 10.1. The molecular weight excluding hydrogens is 1820 g/mol. The topological polar surface area (TPSA) is 110 Å². The third kappa shape index (κ3) is 15.6. The van der Waals surface area contributed by atoms with Gasteiger partial charge in [0.25, 0.3) is 0 Å². The van der Waals surface area contributed by atoms with E-state index in [1.807, 2.05) is 115 Å². The van der Waals surface area contributed by atoms with Crippen LogP contribution in [0.3, 0.4) is 0 Å². The van der Waals surface area contributed by atoms with Crippen LogP contribution in [0.25, 0.3) is 99.5 Å². The molecule has 4 radical (unpaired) electrons. The van der Waals surface area contributed by atoms with Gasteiger partial charge in [-0.3, -0.25) is 35.0 Å². The molecule has 0 unspecified atom stereocenters. The molecule has 9 heterocycles. The maximum Gasteiger partial charge on any atom is 0.0369 e. The molecule has 0 saturated heterocycles. The fraction of sp³-hybridized carbons (Fsp3) is 0.174. The van der Waals surface area contributed by atoms with Crippen LogP contribution in [0.1, 0.15) is 45.1 Å². The number of hydrogen-bond acceptors (Lipinski definition) is 9. The zero-order valence-electron chi connectivity index (χ0n) is 49.6. The van der Waals surface area contributed by atoms with E-state index in [1.54, 1.807) is 41.3 Å². The normalized spacial score (nSPS) is 10.4. The molecule has 13 aromatic rings. The van der Waals surface area contributed by atoms with Crippen LogP contribution in [-0.2, 0) is 109 Å². The van der Waals surface area contributed by atoms with Crippen molar-refractivity contribution < 1.29 is 89.3 Å². The molecular formula is C69H63Ir4N9O2S2-4. The largest absolute Gasteiger partial charge is 0.562 e. The zero-order valence-corrected chi connectivity index (χ0v) is 60.8. The Kier molecular flexibility index (Phi) is 24.6. The molecule has 448 valence electrons. The number of benzene rings is 4. The molecule has 0 aliphatic heterocycles. The maximum atomic E-state index is 5.51. The van der Waals surface area contributed by atoms with Crippen molar-refractivity contribution >= 4 is 22.7 Å². The first-order chi connectivity index (χ1) is 39.6. The minimum Gasteiger partial charge on any atom is -0.562 e. The van der Waals surface area contributed by atoms with E-state index in [2.05, 4.69) is 177 Å². The van der Waals surface area contributed by atoms with Crippen LogP contribution >= 0.6 is 22.7 Å². The van der Waals surface area contributed by atoms with Crippen molar-refractivity contribution in [2.45, 2.75) is 55.4 Å². The van der Waals surface area contributed by atoms with Gasteiger partial charge in [0.2, 0.25) is 0 Å². The Labute approximate surface area is 566 Å². The van der Waals surface area contributed by atoms with E-state index in [0.29, 0.717) is 0 Å². The molecule has 0 bridgehead atoms. The molecule has 17 heteroatoms. The Morgan fingerprint density at radius 3 is 1.73 bits per heavy atom. The summed E-state index contributed by atoms with van der Waals surface area (Å²) in [5, 5.41) is 23.8. The van der Waals surface area contributed by atoms with Crippen LogP contribution in [0, 0.1) is 79.2 Å². The van der Waals surface area contributed by atoms with Gasteiger partial charge in [0.05, 0.1) is 0 Å². The van der Waals surface area contributed by atoms with Crippen molar-refractivity contribution in [1.29, 1.82) is 0 Å². The van der Waals surface area contributed by atoms with Crippen molar-refractivity contribution in [2.75, 3.05) is 0 Å². The summed E-state index contributed by atoms with van der Waals surface area (Å²) < 4.78 is 18.3. The number of thiophene rings is 2. The molecule has 4 aromatic carbocycles. The maximum absolute atomic E-state index is 5.51. The molecule has 9 aromatic heterocycles.